The molecule has 0 heterocycles. The van der Waals surface area contributed by atoms with Crippen molar-refractivity contribution in [2.75, 3.05) is 6.61 Å². The number of aliphatic hydroxyl groups excluding tert-OH is 1. The third-order valence-electron chi connectivity index (χ3n) is 2.66. The monoisotopic (exact) mass is 192 g/mol. The Bertz CT molecular complexity index is 264. The molecule has 1 rings (SSSR count). The summed E-state index contributed by atoms with van der Waals surface area (Å²) in [6.45, 7) is 6.68. The minimum absolute atomic E-state index is 0.0231. The minimum atomic E-state index is 0.0231. The number of hydrogen-bond acceptors (Lipinski definition) is 1. The van der Waals surface area contributed by atoms with Crippen molar-refractivity contribution >= 4 is 0 Å². The van der Waals surface area contributed by atoms with Crippen molar-refractivity contribution in [2.45, 2.75) is 33.1 Å². The van der Waals surface area contributed by atoms with Gasteiger partial charge >= 0.3 is 0 Å². The molecule has 78 valence electrons. The summed E-state index contributed by atoms with van der Waals surface area (Å²) in [5.74, 6) is 0.512. The average Bonchev–Trinajstić information content (AvgIpc) is 2.19. The second-order valence-electron chi connectivity index (χ2n) is 4.84. The normalized spacial score (nSPS) is 14.0. The Kier molecular flexibility index (Phi) is 3.70. The van der Waals surface area contributed by atoms with Crippen LogP contribution in [0.1, 0.15) is 38.7 Å². The molecule has 0 aromatic heterocycles. The summed E-state index contributed by atoms with van der Waals surface area (Å²) in [6, 6.07) is 10.5. The fourth-order valence-electron chi connectivity index (χ4n) is 1.79. The van der Waals surface area contributed by atoms with Gasteiger partial charge in [0.05, 0.1) is 0 Å². The van der Waals surface area contributed by atoms with Crippen molar-refractivity contribution in [3.05, 3.63) is 35.9 Å². The molecule has 0 aliphatic carbocycles. The molecule has 1 nitrogen and oxygen atoms in total. The zero-order valence-corrected chi connectivity index (χ0v) is 9.33. The van der Waals surface area contributed by atoms with E-state index in [9.17, 15) is 5.11 Å². The molecule has 1 N–H and O–H groups in total. The van der Waals surface area contributed by atoms with E-state index < -0.39 is 0 Å². The van der Waals surface area contributed by atoms with Crippen molar-refractivity contribution < 1.29 is 5.11 Å². The quantitative estimate of drug-likeness (QED) is 0.776. The number of aliphatic hydroxyl groups is 1. The van der Waals surface area contributed by atoms with Crippen LogP contribution in [0.3, 0.4) is 0 Å². The van der Waals surface area contributed by atoms with Crippen molar-refractivity contribution in [1.29, 1.82) is 0 Å². The Hall–Kier alpha value is -0.820. The summed E-state index contributed by atoms with van der Waals surface area (Å²) in [6.07, 6.45) is 1.02. The number of rotatable bonds is 4. The molecule has 0 aliphatic rings. The largest absolute Gasteiger partial charge is 0.396 e. The lowest BCUT2D eigenvalue weighted by Gasteiger charge is -2.25. The molecule has 1 atom stereocenters. The third-order valence-corrected chi connectivity index (χ3v) is 2.66. The Balaban J connectivity index is 2.64. The molecule has 0 spiro atoms. The molecule has 0 radical (unpaired) electrons. The first kappa shape index (κ1) is 11.3. The van der Waals surface area contributed by atoms with E-state index in [2.05, 4.69) is 45.0 Å². The van der Waals surface area contributed by atoms with Crippen LogP contribution in [0.25, 0.3) is 0 Å². The highest BCUT2D eigenvalue weighted by molar-refractivity contribution is 5.18. The van der Waals surface area contributed by atoms with E-state index in [1.807, 2.05) is 6.07 Å². The van der Waals surface area contributed by atoms with Crippen LogP contribution < -0.4 is 0 Å². The van der Waals surface area contributed by atoms with E-state index >= 15 is 0 Å². The summed E-state index contributed by atoms with van der Waals surface area (Å²) in [4.78, 5) is 0. The second-order valence-corrected chi connectivity index (χ2v) is 4.84. The molecule has 0 amide bonds. The lowest BCUT2D eigenvalue weighted by Crippen LogP contribution is -2.19. The average molecular weight is 192 g/mol. The maximum absolute atomic E-state index is 9.19. The third kappa shape index (κ3) is 3.15. The Labute approximate surface area is 86.8 Å². The molecule has 1 aromatic carbocycles. The minimum Gasteiger partial charge on any atom is -0.396 e. The number of hydrogen-bond donors (Lipinski definition) is 1. The van der Waals surface area contributed by atoms with Crippen molar-refractivity contribution in [3.63, 3.8) is 0 Å². The second kappa shape index (κ2) is 4.61. The van der Waals surface area contributed by atoms with Crippen LogP contribution in [0.15, 0.2) is 30.3 Å². The van der Waals surface area contributed by atoms with Gasteiger partial charge in [0.2, 0.25) is 0 Å². The molecule has 0 saturated carbocycles. The molecule has 1 aromatic rings. The van der Waals surface area contributed by atoms with Crippen LogP contribution in [0, 0.1) is 5.41 Å². The fourth-order valence-corrected chi connectivity index (χ4v) is 1.79. The summed E-state index contributed by atoms with van der Waals surface area (Å²) in [7, 11) is 0. The molecule has 1 heteroatoms. The van der Waals surface area contributed by atoms with Gasteiger partial charge in [0.15, 0.2) is 0 Å². The van der Waals surface area contributed by atoms with E-state index in [0.717, 1.165) is 6.42 Å². The van der Waals surface area contributed by atoms with E-state index in [1.54, 1.807) is 0 Å². The van der Waals surface area contributed by atoms with Gasteiger partial charge in [-0.2, -0.15) is 0 Å². The Morgan fingerprint density at radius 2 is 1.79 bits per heavy atom. The summed E-state index contributed by atoms with van der Waals surface area (Å²) >= 11 is 0. The van der Waals surface area contributed by atoms with E-state index in [-0.39, 0.29) is 12.0 Å². The van der Waals surface area contributed by atoms with Crippen molar-refractivity contribution in [1.82, 2.24) is 0 Å². The van der Waals surface area contributed by atoms with Gasteiger partial charge in [-0.15, -0.1) is 0 Å². The predicted octanol–water partition coefficient (Wildman–Crippen LogP) is 3.20. The first-order valence-electron chi connectivity index (χ1n) is 5.21. The Morgan fingerprint density at radius 1 is 1.21 bits per heavy atom. The van der Waals surface area contributed by atoms with Gasteiger partial charge in [0.1, 0.15) is 0 Å². The van der Waals surface area contributed by atoms with Gasteiger partial charge in [0.25, 0.3) is 0 Å². The van der Waals surface area contributed by atoms with Gasteiger partial charge in [-0.05, 0) is 23.3 Å². The van der Waals surface area contributed by atoms with Crippen LogP contribution in [-0.4, -0.2) is 11.7 Å². The molecular weight excluding hydrogens is 172 g/mol. The predicted molar refractivity (Wildman–Crippen MR) is 60.3 cm³/mol. The van der Waals surface area contributed by atoms with Gasteiger partial charge in [-0.3, -0.25) is 0 Å². The van der Waals surface area contributed by atoms with Gasteiger partial charge in [-0.25, -0.2) is 0 Å². The van der Waals surface area contributed by atoms with Crippen LogP contribution in [0.2, 0.25) is 0 Å². The molecule has 0 aliphatic heterocycles. The topological polar surface area (TPSA) is 20.2 Å². The molecule has 0 fully saturated rings. The fraction of sp³-hybridized carbons (Fsp3) is 0.538. The van der Waals surface area contributed by atoms with Gasteiger partial charge in [0, 0.05) is 6.61 Å². The highest BCUT2D eigenvalue weighted by Crippen LogP contribution is 2.30. The zero-order chi connectivity index (χ0) is 10.6. The van der Waals surface area contributed by atoms with Crippen molar-refractivity contribution in [2.24, 2.45) is 5.41 Å². The van der Waals surface area contributed by atoms with E-state index in [1.165, 1.54) is 5.56 Å². The maximum Gasteiger partial charge on any atom is 0.0482 e. The van der Waals surface area contributed by atoms with Crippen molar-refractivity contribution in [3.8, 4) is 0 Å². The zero-order valence-electron chi connectivity index (χ0n) is 9.33. The van der Waals surface area contributed by atoms with Crippen LogP contribution in [0.4, 0.5) is 0 Å². The first-order valence-corrected chi connectivity index (χ1v) is 5.21. The molecule has 0 saturated heterocycles. The SMILES string of the molecule is CC(CC(C)(C)CO)c1ccccc1. The summed E-state index contributed by atoms with van der Waals surface area (Å²) in [5.41, 5.74) is 1.38. The lowest BCUT2D eigenvalue weighted by molar-refractivity contribution is 0.143. The van der Waals surface area contributed by atoms with E-state index in [0.29, 0.717) is 5.92 Å². The van der Waals surface area contributed by atoms with E-state index in [4.69, 9.17) is 0 Å². The Morgan fingerprint density at radius 3 is 2.29 bits per heavy atom. The van der Waals surface area contributed by atoms with Gasteiger partial charge in [-0.1, -0.05) is 51.1 Å². The van der Waals surface area contributed by atoms with Crippen LogP contribution >= 0.6 is 0 Å². The molecule has 0 bridgehead atoms. The highest BCUT2D eigenvalue weighted by Gasteiger charge is 2.20. The van der Waals surface area contributed by atoms with Gasteiger partial charge < -0.3 is 5.11 Å². The van der Waals surface area contributed by atoms with Crippen LogP contribution in [-0.2, 0) is 0 Å². The lowest BCUT2D eigenvalue weighted by atomic mass is 9.81. The summed E-state index contributed by atoms with van der Waals surface area (Å²) < 4.78 is 0. The molecule has 1 unspecified atom stereocenters. The van der Waals surface area contributed by atoms with Crippen LogP contribution in [0.5, 0.6) is 0 Å². The first-order chi connectivity index (χ1) is 6.55. The smallest absolute Gasteiger partial charge is 0.0482 e. The maximum atomic E-state index is 9.19. The summed E-state index contributed by atoms with van der Waals surface area (Å²) in [5, 5.41) is 9.19. The molecular formula is C13H20O. The highest BCUT2D eigenvalue weighted by atomic mass is 16.3. The molecule has 14 heavy (non-hydrogen) atoms. The number of benzene rings is 1. The standard InChI is InChI=1S/C13H20O/c1-11(9-13(2,3)10-14)12-7-5-4-6-8-12/h4-8,11,14H,9-10H2,1-3H3.